The Kier molecular flexibility index (Phi) is 4.84. The van der Waals surface area contributed by atoms with E-state index in [-0.39, 0.29) is 5.91 Å². The Labute approximate surface area is 90.1 Å². The SMILES string of the molecule is CCCc1cccc(CCC(=O)NO)c1. The summed E-state index contributed by atoms with van der Waals surface area (Å²) < 4.78 is 0. The number of hydrogen-bond donors (Lipinski definition) is 2. The predicted molar refractivity (Wildman–Crippen MR) is 58.7 cm³/mol. The zero-order valence-corrected chi connectivity index (χ0v) is 8.99. The molecule has 0 heterocycles. The monoisotopic (exact) mass is 207 g/mol. The molecule has 0 fully saturated rings. The van der Waals surface area contributed by atoms with Gasteiger partial charge in [0.15, 0.2) is 0 Å². The van der Waals surface area contributed by atoms with Gasteiger partial charge in [0, 0.05) is 6.42 Å². The van der Waals surface area contributed by atoms with E-state index in [4.69, 9.17) is 5.21 Å². The van der Waals surface area contributed by atoms with Crippen molar-refractivity contribution in [3.8, 4) is 0 Å². The first-order valence-electron chi connectivity index (χ1n) is 5.27. The second-order valence-electron chi connectivity index (χ2n) is 3.60. The van der Waals surface area contributed by atoms with Crippen molar-refractivity contribution in [1.82, 2.24) is 5.48 Å². The van der Waals surface area contributed by atoms with Crippen LogP contribution in [0.3, 0.4) is 0 Å². The fourth-order valence-electron chi connectivity index (χ4n) is 1.54. The highest BCUT2D eigenvalue weighted by Gasteiger charge is 2.01. The lowest BCUT2D eigenvalue weighted by Crippen LogP contribution is -2.18. The summed E-state index contributed by atoms with van der Waals surface area (Å²) in [6, 6.07) is 8.23. The molecule has 1 amide bonds. The van der Waals surface area contributed by atoms with Crippen LogP contribution in [0.25, 0.3) is 0 Å². The number of nitrogens with one attached hydrogen (secondary N) is 1. The van der Waals surface area contributed by atoms with E-state index in [1.807, 2.05) is 12.1 Å². The molecule has 0 unspecified atom stereocenters. The van der Waals surface area contributed by atoms with Crippen LogP contribution in [0.4, 0.5) is 0 Å². The molecule has 1 aromatic carbocycles. The number of carbonyl (C=O) groups is 1. The van der Waals surface area contributed by atoms with Crippen LogP contribution in [0.2, 0.25) is 0 Å². The Morgan fingerprint density at radius 3 is 2.60 bits per heavy atom. The van der Waals surface area contributed by atoms with Crippen molar-refractivity contribution in [2.75, 3.05) is 0 Å². The van der Waals surface area contributed by atoms with Gasteiger partial charge in [0.1, 0.15) is 0 Å². The summed E-state index contributed by atoms with van der Waals surface area (Å²) in [7, 11) is 0. The number of carbonyl (C=O) groups excluding carboxylic acids is 1. The Bertz CT molecular complexity index is 323. The molecule has 0 aliphatic heterocycles. The van der Waals surface area contributed by atoms with E-state index in [2.05, 4.69) is 19.1 Å². The maximum Gasteiger partial charge on any atom is 0.243 e. The highest BCUT2D eigenvalue weighted by atomic mass is 16.5. The van der Waals surface area contributed by atoms with Crippen LogP contribution in [0.15, 0.2) is 24.3 Å². The quantitative estimate of drug-likeness (QED) is 0.573. The molecule has 15 heavy (non-hydrogen) atoms. The molecule has 1 aromatic rings. The predicted octanol–water partition coefficient (Wildman–Crippen LogP) is 2.08. The van der Waals surface area contributed by atoms with Gasteiger partial charge < -0.3 is 0 Å². The molecule has 0 radical (unpaired) electrons. The van der Waals surface area contributed by atoms with Crippen LogP contribution in [0.1, 0.15) is 30.9 Å². The van der Waals surface area contributed by atoms with Crippen molar-refractivity contribution in [3.63, 3.8) is 0 Å². The summed E-state index contributed by atoms with van der Waals surface area (Å²) in [6.45, 7) is 2.14. The Balaban J connectivity index is 2.53. The molecule has 0 aliphatic carbocycles. The van der Waals surface area contributed by atoms with Gasteiger partial charge in [-0.2, -0.15) is 0 Å². The number of benzene rings is 1. The molecule has 0 spiro atoms. The van der Waals surface area contributed by atoms with Gasteiger partial charge in [-0.1, -0.05) is 37.6 Å². The maximum absolute atomic E-state index is 10.8. The first kappa shape index (κ1) is 11.7. The lowest BCUT2D eigenvalue weighted by atomic mass is 10.0. The minimum Gasteiger partial charge on any atom is -0.289 e. The van der Waals surface area contributed by atoms with Gasteiger partial charge in [0.25, 0.3) is 0 Å². The van der Waals surface area contributed by atoms with Gasteiger partial charge in [-0.05, 0) is 24.0 Å². The molecule has 0 bridgehead atoms. The average Bonchev–Trinajstić information content (AvgIpc) is 2.27. The Morgan fingerprint density at radius 2 is 2.00 bits per heavy atom. The topological polar surface area (TPSA) is 49.3 Å². The zero-order chi connectivity index (χ0) is 11.1. The van der Waals surface area contributed by atoms with Crippen LogP contribution >= 0.6 is 0 Å². The van der Waals surface area contributed by atoms with Crippen LogP contribution in [0.5, 0.6) is 0 Å². The van der Waals surface area contributed by atoms with E-state index < -0.39 is 0 Å². The fourth-order valence-corrected chi connectivity index (χ4v) is 1.54. The standard InChI is InChI=1S/C12H17NO2/c1-2-4-10-5-3-6-11(9-10)7-8-12(14)13-15/h3,5-6,9,15H,2,4,7-8H2,1H3,(H,13,14). The lowest BCUT2D eigenvalue weighted by molar-refractivity contribution is -0.129. The number of aryl methyl sites for hydroxylation is 2. The Morgan fingerprint density at radius 1 is 1.33 bits per heavy atom. The van der Waals surface area contributed by atoms with Crippen molar-refractivity contribution in [1.29, 1.82) is 0 Å². The first-order valence-corrected chi connectivity index (χ1v) is 5.27. The van der Waals surface area contributed by atoms with Gasteiger partial charge in [-0.25, -0.2) is 5.48 Å². The van der Waals surface area contributed by atoms with Gasteiger partial charge in [0.2, 0.25) is 5.91 Å². The molecular weight excluding hydrogens is 190 g/mol. The van der Waals surface area contributed by atoms with Crippen molar-refractivity contribution in [2.45, 2.75) is 32.6 Å². The largest absolute Gasteiger partial charge is 0.289 e. The molecule has 0 atom stereocenters. The summed E-state index contributed by atoms with van der Waals surface area (Å²) in [5, 5.41) is 8.35. The second kappa shape index (κ2) is 6.19. The Hall–Kier alpha value is -1.35. The van der Waals surface area contributed by atoms with E-state index >= 15 is 0 Å². The molecule has 1 rings (SSSR count). The van der Waals surface area contributed by atoms with Crippen molar-refractivity contribution >= 4 is 5.91 Å². The minimum absolute atomic E-state index is 0.325. The summed E-state index contributed by atoms with van der Waals surface area (Å²) in [5.74, 6) is -0.337. The van der Waals surface area contributed by atoms with E-state index in [1.54, 1.807) is 5.48 Å². The van der Waals surface area contributed by atoms with Gasteiger partial charge in [-0.3, -0.25) is 10.0 Å². The third kappa shape index (κ3) is 4.13. The van der Waals surface area contributed by atoms with Crippen LogP contribution in [-0.2, 0) is 17.6 Å². The number of rotatable bonds is 5. The number of hydroxylamine groups is 1. The smallest absolute Gasteiger partial charge is 0.243 e. The molecule has 0 saturated heterocycles. The van der Waals surface area contributed by atoms with Crippen molar-refractivity contribution in [3.05, 3.63) is 35.4 Å². The molecule has 0 aliphatic rings. The van der Waals surface area contributed by atoms with Crippen molar-refractivity contribution < 1.29 is 10.0 Å². The van der Waals surface area contributed by atoms with E-state index in [1.165, 1.54) is 5.56 Å². The van der Waals surface area contributed by atoms with Crippen molar-refractivity contribution in [2.24, 2.45) is 0 Å². The minimum atomic E-state index is -0.337. The maximum atomic E-state index is 10.8. The van der Waals surface area contributed by atoms with Gasteiger partial charge in [0.05, 0.1) is 0 Å². The van der Waals surface area contributed by atoms with Gasteiger partial charge >= 0.3 is 0 Å². The highest BCUT2D eigenvalue weighted by Crippen LogP contribution is 2.09. The summed E-state index contributed by atoms with van der Waals surface area (Å²) >= 11 is 0. The lowest BCUT2D eigenvalue weighted by Gasteiger charge is -2.03. The number of amides is 1. The molecule has 3 nitrogen and oxygen atoms in total. The molecular formula is C12H17NO2. The normalized spacial score (nSPS) is 10.0. The van der Waals surface area contributed by atoms with E-state index in [0.717, 1.165) is 18.4 Å². The van der Waals surface area contributed by atoms with Crippen LogP contribution in [-0.4, -0.2) is 11.1 Å². The van der Waals surface area contributed by atoms with Crippen LogP contribution < -0.4 is 5.48 Å². The molecule has 3 heteroatoms. The fraction of sp³-hybridized carbons (Fsp3) is 0.417. The molecule has 2 N–H and O–H groups in total. The molecule has 0 aromatic heterocycles. The third-order valence-corrected chi connectivity index (χ3v) is 2.30. The van der Waals surface area contributed by atoms with Gasteiger partial charge in [-0.15, -0.1) is 0 Å². The molecule has 82 valence electrons. The first-order chi connectivity index (χ1) is 7.26. The van der Waals surface area contributed by atoms with Crippen LogP contribution in [0, 0.1) is 0 Å². The second-order valence-corrected chi connectivity index (χ2v) is 3.60. The number of hydrogen-bond acceptors (Lipinski definition) is 2. The summed E-state index contributed by atoms with van der Waals surface area (Å²) in [4.78, 5) is 10.8. The third-order valence-electron chi connectivity index (χ3n) is 2.30. The summed E-state index contributed by atoms with van der Waals surface area (Å²) in [5.41, 5.74) is 4.08. The van der Waals surface area contributed by atoms with E-state index in [9.17, 15) is 4.79 Å². The summed E-state index contributed by atoms with van der Waals surface area (Å²) in [6.07, 6.45) is 3.19. The molecule has 0 saturated carbocycles. The zero-order valence-electron chi connectivity index (χ0n) is 8.99. The highest BCUT2D eigenvalue weighted by molar-refractivity contribution is 5.74. The average molecular weight is 207 g/mol. The van der Waals surface area contributed by atoms with E-state index in [0.29, 0.717) is 12.8 Å².